The van der Waals surface area contributed by atoms with E-state index >= 15 is 0 Å². The fraction of sp³-hybridized carbons (Fsp3) is 0.600. The zero-order valence-electron chi connectivity index (χ0n) is 5.03. The maximum Gasteiger partial charge on any atom is 0.303 e. The van der Waals surface area contributed by atoms with E-state index < -0.39 is 17.5 Å². The van der Waals surface area contributed by atoms with Crippen molar-refractivity contribution in [2.24, 2.45) is 0 Å². The highest BCUT2D eigenvalue weighted by molar-refractivity contribution is 7.74. The van der Waals surface area contributed by atoms with Crippen molar-refractivity contribution in [3.63, 3.8) is 0 Å². The third kappa shape index (κ3) is 4.15. The van der Waals surface area contributed by atoms with Crippen molar-refractivity contribution < 1.29 is 12.9 Å². The van der Waals surface area contributed by atoms with Crippen molar-refractivity contribution in [1.82, 2.24) is 0 Å². The molecule has 0 aromatic heterocycles. The Labute approximate surface area is 56.9 Å². The lowest BCUT2D eigenvalue weighted by Gasteiger charge is -2.02. The molecular formula is C5H8O3S. The van der Waals surface area contributed by atoms with Crippen LogP contribution in [0.3, 0.4) is 0 Å². The van der Waals surface area contributed by atoms with E-state index in [4.69, 9.17) is 11.0 Å². The van der Waals surface area contributed by atoms with E-state index in [-0.39, 0.29) is 0 Å². The van der Waals surface area contributed by atoms with Crippen LogP contribution in [0.25, 0.3) is 0 Å². The summed E-state index contributed by atoms with van der Waals surface area (Å²) in [7, 11) is 0. The van der Waals surface area contributed by atoms with Gasteiger partial charge in [-0.25, -0.2) is 0 Å². The molecule has 9 heavy (non-hydrogen) atoms. The van der Waals surface area contributed by atoms with E-state index in [1.165, 1.54) is 0 Å². The predicted octanol–water partition coefficient (Wildman–Crippen LogP) is 0.552. The molecule has 0 saturated heterocycles. The smallest absolute Gasteiger partial charge is 0.284 e. The van der Waals surface area contributed by atoms with Crippen molar-refractivity contribution >= 4 is 11.4 Å². The molecule has 3 nitrogen and oxygen atoms in total. The van der Waals surface area contributed by atoms with Gasteiger partial charge in [-0.1, -0.05) is 12.8 Å². The molecule has 0 aliphatic rings. The second-order valence-electron chi connectivity index (χ2n) is 1.38. The Morgan fingerprint density at radius 3 is 2.67 bits per heavy atom. The first-order valence-corrected chi connectivity index (χ1v) is 3.48. The van der Waals surface area contributed by atoms with Gasteiger partial charge in [0.05, 0.1) is 0 Å². The number of hydrogen-bond donors (Lipinski definition) is 1. The summed E-state index contributed by atoms with van der Waals surface area (Å²) in [5.41, 5.74) is 0. The lowest BCUT2D eigenvalue weighted by atomic mass is 10.3. The number of hydrogen-bond acceptors (Lipinski definition) is 2. The minimum Gasteiger partial charge on any atom is -0.284 e. The summed E-state index contributed by atoms with van der Waals surface area (Å²) in [6, 6.07) is 0. The van der Waals surface area contributed by atoms with Crippen LogP contribution in [-0.2, 0) is 15.5 Å². The van der Waals surface area contributed by atoms with Crippen LogP contribution in [0, 0.1) is 12.3 Å². The fourth-order valence-corrected chi connectivity index (χ4v) is 0.703. The first kappa shape index (κ1) is 8.63. The monoisotopic (exact) mass is 148 g/mol. The topological polar surface area (TPSA) is 46.5 Å². The maximum atomic E-state index is 9.92. The Kier molecular flexibility index (Phi) is 4.32. The highest BCUT2D eigenvalue weighted by atomic mass is 32.2. The Morgan fingerprint density at radius 2 is 2.56 bits per heavy atom. The zero-order valence-corrected chi connectivity index (χ0v) is 5.85. The van der Waals surface area contributed by atoms with E-state index in [1.54, 1.807) is 6.92 Å². The van der Waals surface area contributed by atoms with E-state index in [0.29, 0.717) is 6.42 Å². The summed E-state index contributed by atoms with van der Waals surface area (Å²) < 4.78 is 22.4. The highest BCUT2D eigenvalue weighted by Crippen LogP contribution is 1.96. The van der Waals surface area contributed by atoms with Gasteiger partial charge in [0.2, 0.25) is 0 Å². The van der Waals surface area contributed by atoms with Gasteiger partial charge in [-0.05, 0) is 6.42 Å². The summed E-state index contributed by atoms with van der Waals surface area (Å²) in [6.45, 7) is 1.78. The molecule has 0 saturated carbocycles. The molecule has 0 fully saturated rings. The van der Waals surface area contributed by atoms with Crippen LogP contribution in [0.5, 0.6) is 0 Å². The van der Waals surface area contributed by atoms with Gasteiger partial charge in [0.1, 0.15) is 6.10 Å². The van der Waals surface area contributed by atoms with Gasteiger partial charge >= 0.3 is 11.4 Å². The third-order valence-electron chi connectivity index (χ3n) is 0.755. The summed E-state index contributed by atoms with van der Waals surface area (Å²) >= 11 is -2.24. The van der Waals surface area contributed by atoms with Gasteiger partial charge in [-0.3, -0.25) is 8.74 Å². The normalized spacial score (nSPS) is 16.1. The fourth-order valence-electron chi connectivity index (χ4n) is 0.313. The molecule has 0 aliphatic carbocycles. The van der Waals surface area contributed by atoms with Gasteiger partial charge in [-0.15, -0.1) is 6.42 Å². The van der Waals surface area contributed by atoms with Gasteiger partial charge in [0.25, 0.3) is 0 Å². The first-order chi connectivity index (χ1) is 4.20. The summed E-state index contributed by atoms with van der Waals surface area (Å²) in [4.78, 5) is 0. The summed E-state index contributed by atoms with van der Waals surface area (Å²) in [5.74, 6) is 2.21. The molecular weight excluding hydrogens is 140 g/mol. The largest absolute Gasteiger partial charge is 0.303 e. The first-order valence-electron chi connectivity index (χ1n) is 2.44. The quantitative estimate of drug-likeness (QED) is 0.469. The average Bonchev–Trinajstić information content (AvgIpc) is 1.82. The van der Waals surface area contributed by atoms with Crippen LogP contribution in [-0.4, -0.2) is 14.9 Å². The van der Waals surface area contributed by atoms with E-state index in [9.17, 15) is 4.21 Å². The molecule has 0 amide bonds. The van der Waals surface area contributed by atoms with E-state index in [0.717, 1.165) is 0 Å². The summed E-state index contributed by atoms with van der Waals surface area (Å²) in [6.07, 6.45) is 4.91. The minimum atomic E-state index is -2.24. The SMILES string of the molecule is C#CC(CC)OS(=O)O. The van der Waals surface area contributed by atoms with Crippen molar-refractivity contribution in [3.05, 3.63) is 0 Å². The Bertz CT molecular complexity index is 138. The highest BCUT2D eigenvalue weighted by Gasteiger charge is 2.03. The Morgan fingerprint density at radius 1 is 2.00 bits per heavy atom. The van der Waals surface area contributed by atoms with Crippen LogP contribution >= 0.6 is 0 Å². The molecule has 2 atom stereocenters. The third-order valence-corrected chi connectivity index (χ3v) is 1.15. The van der Waals surface area contributed by atoms with Crippen LogP contribution in [0.15, 0.2) is 0 Å². The van der Waals surface area contributed by atoms with Crippen molar-refractivity contribution in [3.8, 4) is 12.3 Å². The van der Waals surface area contributed by atoms with Crippen LogP contribution < -0.4 is 0 Å². The molecule has 0 bridgehead atoms. The molecule has 0 rings (SSSR count). The Hall–Kier alpha value is -0.370. The lowest BCUT2D eigenvalue weighted by molar-refractivity contribution is 0.252. The van der Waals surface area contributed by atoms with Gasteiger partial charge in [-0.2, -0.15) is 4.21 Å². The molecule has 0 radical (unpaired) electrons. The van der Waals surface area contributed by atoms with Crippen LogP contribution in [0.1, 0.15) is 13.3 Å². The molecule has 0 aromatic rings. The molecule has 1 N–H and O–H groups in total. The predicted molar refractivity (Wildman–Crippen MR) is 34.8 cm³/mol. The van der Waals surface area contributed by atoms with Crippen LogP contribution in [0.2, 0.25) is 0 Å². The van der Waals surface area contributed by atoms with Crippen LogP contribution in [0.4, 0.5) is 0 Å². The lowest BCUT2D eigenvalue weighted by Crippen LogP contribution is -2.09. The molecule has 0 spiro atoms. The number of rotatable bonds is 3. The average molecular weight is 148 g/mol. The second kappa shape index (κ2) is 4.50. The molecule has 2 unspecified atom stereocenters. The van der Waals surface area contributed by atoms with Gasteiger partial charge in [0.15, 0.2) is 0 Å². The van der Waals surface area contributed by atoms with Crippen molar-refractivity contribution in [1.29, 1.82) is 0 Å². The van der Waals surface area contributed by atoms with Crippen molar-refractivity contribution in [2.45, 2.75) is 19.4 Å². The molecule has 52 valence electrons. The van der Waals surface area contributed by atoms with E-state index in [2.05, 4.69) is 10.1 Å². The standard InChI is InChI=1S/C5H8O3S/c1-3-5(4-2)8-9(6)7/h1,5H,4H2,2H3,(H,6,7). The Balaban J connectivity index is 3.60. The van der Waals surface area contributed by atoms with Gasteiger partial charge < -0.3 is 0 Å². The molecule has 4 heteroatoms. The number of terminal acetylenes is 1. The second-order valence-corrected chi connectivity index (χ2v) is 2.00. The maximum absolute atomic E-state index is 9.92. The van der Waals surface area contributed by atoms with Gasteiger partial charge in [0, 0.05) is 0 Å². The molecule has 0 aromatic carbocycles. The van der Waals surface area contributed by atoms with E-state index in [1.807, 2.05) is 0 Å². The van der Waals surface area contributed by atoms with Crippen molar-refractivity contribution in [2.75, 3.05) is 0 Å². The molecule has 0 heterocycles. The zero-order chi connectivity index (χ0) is 7.28. The minimum absolute atomic E-state index is 0.544. The molecule has 0 aliphatic heterocycles. The summed E-state index contributed by atoms with van der Waals surface area (Å²) in [5, 5.41) is 0.